The Morgan fingerprint density at radius 2 is 1.96 bits per heavy atom. The fourth-order valence-corrected chi connectivity index (χ4v) is 2.84. The second kappa shape index (κ2) is 7.49. The molecule has 0 saturated carbocycles. The zero-order valence-corrected chi connectivity index (χ0v) is 14.4. The maximum absolute atomic E-state index is 13.6. The number of fused-ring (bicyclic) bond motifs is 1. The van der Waals surface area contributed by atoms with E-state index in [1.807, 2.05) is 0 Å². The van der Waals surface area contributed by atoms with Gasteiger partial charge in [0.15, 0.2) is 5.69 Å². The van der Waals surface area contributed by atoms with Gasteiger partial charge in [0.25, 0.3) is 0 Å². The summed E-state index contributed by atoms with van der Waals surface area (Å²) < 4.78 is 57.9. The molecule has 11 heteroatoms. The zero-order chi connectivity index (χ0) is 20.5. The van der Waals surface area contributed by atoms with Gasteiger partial charge in [-0.1, -0.05) is 6.07 Å². The van der Waals surface area contributed by atoms with Gasteiger partial charge in [0.05, 0.1) is 17.8 Å². The molecule has 7 nitrogen and oxygen atoms in total. The lowest BCUT2D eigenvalue weighted by molar-refractivity contribution is -0.140. The largest absolute Gasteiger partial charge is 0.476 e. The Morgan fingerprint density at radius 3 is 2.61 bits per heavy atom. The zero-order valence-electron chi connectivity index (χ0n) is 14.4. The van der Waals surface area contributed by atoms with Gasteiger partial charge in [-0.3, -0.25) is 4.68 Å². The molecule has 3 rings (SSSR count). The lowest BCUT2D eigenvalue weighted by Crippen LogP contribution is -2.31. The smallest absolute Gasteiger partial charge is 0.419 e. The summed E-state index contributed by atoms with van der Waals surface area (Å²) in [5.74, 6) is -2.63. The summed E-state index contributed by atoms with van der Waals surface area (Å²) in [6.07, 6.45) is -5.03. The number of alkyl halides is 3. The first kappa shape index (κ1) is 19.6. The summed E-state index contributed by atoms with van der Waals surface area (Å²) in [5, 5.41) is 12.9. The monoisotopic (exact) mass is 401 g/mol. The van der Waals surface area contributed by atoms with Crippen molar-refractivity contribution in [2.75, 3.05) is 6.54 Å². The Labute approximate surface area is 156 Å². The van der Waals surface area contributed by atoms with Crippen LogP contribution in [0.1, 0.15) is 33.7 Å². The summed E-state index contributed by atoms with van der Waals surface area (Å²) >= 11 is 0. The number of hydrogen-bond donors (Lipinski definition) is 1. The third-order valence-electron chi connectivity index (χ3n) is 4.19. The highest BCUT2D eigenvalue weighted by atomic mass is 19.4. The minimum absolute atomic E-state index is 0.0699. The van der Waals surface area contributed by atoms with Crippen molar-refractivity contribution < 1.29 is 37.0 Å². The number of nitrogens with zero attached hydrogens (tertiary/aromatic N) is 3. The SMILES string of the molecule is O=C(O)c1cc2n(n1)CCCN(C(=O)OCc1ccc(C(F)(F)F)c(F)c1)C2. The van der Waals surface area contributed by atoms with Crippen molar-refractivity contribution in [2.45, 2.75) is 32.3 Å². The first-order chi connectivity index (χ1) is 13.1. The lowest BCUT2D eigenvalue weighted by Gasteiger charge is -2.19. The Bertz CT molecular complexity index is 910. The molecule has 1 aliphatic heterocycles. The topological polar surface area (TPSA) is 84.7 Å². The molecule has 1 aliphatic rings. The van der Waals surface area contributed by atoms with Crippen LogP contribution in [0.25, 0.3) is 0 Å². The van der Waals surface area contributed by atoms with Gasteiger partial charge >= 0.3 is 18.2 Å². The van der Waals surface area contributed by atoms with E-state index in [1.54, 1.807) is 0 Å². The van der Waals surface area contributed by atoms with E-state index in [1.165, 1.54) is 15.6 Å². The lowest BCUT2D eigenvalue weighted by atomic mass is 10.1. The molecule has 0 unspecified atom stereocenters. The third kappa shape index (κ3) is 4.24. The second-order valence-corrected chi connectivity index (χ2v) is 6.19. The molecule has 0 radical (unpaired) electrons. The Hall–Kier alpha value is -3.11. The number of rotatable bonds is 3. The number of carboxylic acid groups (broad SMARTS) is 1. The van der Waals surface area contributed by atoms with Crippen molar-refractivity contribution in [3.8, 4) is 0 Å². The molecule has 0 spiro atoms. The molecule has 0 atom stereocenters. The third-order valence-corrected chi connectivity index (χ3v) is 4.19. The Balaban J connectivity index is 1.64. The van der Waals surface area contributed by atoms with E-state index >= 15 is 0 Å². The highest BCUT2D eigenvalue weighted by Crippen LogP contribution is 2.31. The van der Waals surface area contributed by atoms with Crippen molar-refractivity contribution in [1.82, 2.24) is 14.7 Å². The van der Waals surface area contributed by atoms with Gasteiger partial charge in [0, 0.05) is 13.1 Å². The Kier molecular flexibility index (Phi) is 5.25. The molecular weight excluding hydrogens is 386 g/mol. The van der Waals surface area contributed by atoms with Crippen molar-refractivity contribution in [3.63, 3.8) is 0 Å². The maximum atomic E-state index is 13.6. The van der Waals surface area contributed by atoms with E-state index in [9.17, 15) is 27.2 Å². The van der Waals surface area contributed by atoms with Crippen LogP contribution in [-0.2, 0) is 30.6 Å². The van der Waals surface area contributed by atoms with Crippen LogP contribution in [0, 0.1) is 5.82 Å². The minimum Gasteiger partial charge on any atom is -0.476 e. The van der Waals surface area contributed by atoms with Crippen LogP contribution in [0.3, 0.4) is 0 Å². The molecule has 28 heavy (non-hydrogen) atoms. The highest BCUT2D eigenvalue weighted by molar-refractivity contribution is 5.85. The molecule has 2 aromatic rings. The van der Waals surface area contributed by atoms with Crippen LogP contribution in [0.4, 0.5) is 22.4 Å². The molecule has 1 aromatic heterocycles. The van der Waals surface area contributed by atoms with E-state index in [0.717, 1.165) is 6.07 Å². The van der Waals surface area contributed by atoms with Gasteiger partial charge in [-0.2, -0.15) is 18.3 Å². The fraction of sp³-hybridized carbons (Fsp3) is 0.353. The van der Waals surface area contributed by atoms with Gasteiger partial charge in [-0.15, -0.1) is 0 Å². The number of carbonyl (C=O) groups is 2. The highest BCUT2D eigenvalue weighted by Gasteiger charge is 2.34. The van der Waals surface area contributed by atoms with Crippen LogP contribution < -0.4 is 0 Å². The molecule has 2 heterocycles. The average Bonchev–Trinajstić information content (AvgIpc) is 2.90. The molecule has 1 aromatic carbocycles. The first-order valence-electron chi connectivity index (χ1n) is 8.22. The van der Waals surface area contributed by atoms with E-state index in [0.29, 0.717) is 37.3 Å². The number of aromatic carboxylic acids is 1. The van der Waals surface area contributed by atoms with Crippen molar-refractivity contribution in [1.29, 1.82) is 0 Å². The summed E-state index contributed by atoms with van der Waals surface area (Å²) in [6, 6.07) is 3.66. The molecule has 0 saturated heterocycles. The molecule has 150 valence electrons. The number of carbonyl (C=O) groups excluding carboxylic acids is 1. The van der Waals surface area contributed by atoms with Gasteiger partial charge in [0.2, 0.25) is 0 Å². The summed E-state index contributed by atoms with van der Waals surface area (Å²) in [5.41, 5.74) is -0.928. The average molecular weight is 401 g/mol. The summed E-state index contributed by atoms with van der Waals surface area (Å²) in [6.45, 7) is 0.424. The van der Waals surface area contributed by atoms with E-state index in [2.05, 4.69) is 5.10 Å². The number of carboxylic acids is 1. The quantitative estimate of drug-likeness (QED) is 0.798. The van der Waals surface area contributed by atoms with Gasteiger partial charge < -0.3 is 14.7 Å². The van der Waals surface area contributed by atoms with Gasteiger partial charge in [-0.05, 0) is 30.2 Å². The van der Waals surface area contributed by atoms with Crippen LogP contribution >= 0.6 is 0 Å². The standard InChI is InChI=1S/C17H15F4N3O4/c18-13-6-10(2-3-12(13)17(19,20)21)9-28-16(27)23-4-1-5-24-11(8-23)7-14(22-24)15(25)26/h2-3,6-7H,1,4-5,8-9H2,(H,25,26). The predicted molar refractivity (Wildman–Crippen MR) is 85.8 cm³/mol. The maximum Gasteiger partial charge on any atom is 0.419 e. The summed E-state index contributed by atoms with van der Waals surface area (Å²) in [4.78, 5) is 24.6. The van der Waals surface area contributed by atoms with Crippen LogP contribution in [0.15, 0.2) is 24.3 Å². The molecular formula is C17H15F4N3O4. The van der Waals surface area contributed by atoms with Crippen molar-refractivity contribution >= 4 is 12.1 Å². The normalized spacial score (nSPS) is 14.4. The first-order valence-corrected chi connectivity index (χ1v) is 8.22. The van der Waals surface area contributed by atoms with Crippen LogP contribution in [-0.4, -0.2) is 38.4 Å². The Morgan fingerprint density at radius 1 is 1.21 bits per heavy atom. The van der Waals surface area contributed by atoms with Gasteiger partial charge in [-0.25, -0.2) is 14.0 Å². The second-order valence-electron chi connectivity index (χ2n) is 6.19. The van der Waals surface area contributed by atoms with Gasteiger partial charge in [0.1, 0.15) is 12.4 Å². The fourth-order valence-electron chi connectivity index (χ4n) is 2.84. The molecule has 1 amide bonds. The van der Waals surface area contributed by atoms with Crippen molar-refractivity contribution in [3.05, 3.63) is 52.6 Å². The number of ether oxygens (including phenoxy) is 1. The summed E-state index contributed by atoms with van der Waals surface area (Å²) in [7, 11) is 0. The molecule has 0 bridgehead atoms. The van der Waals surface area contributed by atoms with E-state index < -0.39 is 36.2 Å². The number of aromatic nitrogens is 2. The molecule has 0 aliphatic carbocycles. The minimum atomic E-state index is -4.80. The number of halogens is 4. The van der Waals surface area contributed by atoms with Crippen LogP contribution in [0.5, 0.6) is 0 Å². The van der Waals surface area contributed by atoms with E-state index in [-0.39, 0.29) is 17.8 Å². The predicted octanol–water partition coefficient (Wildman–Crippen LogP) is 3.28. The van der Waals surface area contributed by atoms with Crippen molar-refractivity contribution in [2.24, 2.45) is 0 Å². The number of amides is 1. The van der Waals surface area contributed by atoms with Crippen LogP contribution in [0.2, 0.25) is 0 Å². The molecule has 1 N–H and O–H groups in total. The molecule has 0 fully saturated rings. The van der Waals surface area contributed by atoms with E-state index in [4.69, 9.17) is 9.84 Å². The number of hydrogen-bond acceptors (Lipinski definition) is 4. The number of aryl methyl sites for hydroxylation is 1. The number of benzene rings is 1.